The number of carbonyl (C=O) groups is 2. The zero-order chi connectivity index (χ0) is 19.0. The standard InChI is InChI=1S/C21H17NO5/c1-3-26-21(24)19-14-8-4-5-10-22(14)15(12-23)18(19)17-11-13-7-6-9-16(25-2)20(13)27-17/h4-12H,3H2,1-2H3. The molecule has 3 heterocycles. The number of aromatic nitrogens is 1. The molecule has 0 amide bonds. The number of nitrogens with zero attached hydrogens (tertiary/aromatic N) is 1. The third-order valence-corrected chi connectivity index (χ3v) is 4.45. The van der Waals surface area contributed by atoms with Crippen LogP contribution in [0.2, 0.25) is 0 Å². The van der Waals surface area contributed by atoms with Gasteiger partial charge in [0.25, 0.3) is 0 Å². The second kappa shape index (κ2) is 6.64. The lowest BCUT2D eigenvalue weighted by atomic mass is 10.1. The zero-order valence-corrected chi connectivity index (χ0v) is 14.9. The Labute approximate surface area is 154 Å². The van der Waals surface area contributed by atoms with Crippen LogP contribution in [0.5, 0.6) is 5.75 Å². The lowest BCUT2D eigenvalue weighted by Gasteiger charge is -2.03. The molecule has 6 heteroatoms. The summed E-state index contributed by atoms with van der Waals surface area (Å²) in [6.45, 7) is 1.97. The first-order valence-corrected chi connectivity index (χ1v) is 8.51. The van der Waals surface area contributed by atoms with Gasteiger partial charge in [0.15, 0.2) is 17.6 Å². The van der Waals surface area contributed by atoms with Gasteiger partial charge in [-0.3, -0.25) is 4.79 Å². The highest BCUT2D eigenvalue weighted by Gasteiger charge is 2.27. The molecule has 0 aliphatic heterocycles. The van der Waals surface area contributed by atoms with Crippen molar-refractivity contribution in [2.75, 3.05) is 13.7 Å². The number of furan rings is 1. The second-order valence-electron chi connectivity index (χ2n) is 5.92. The highest BCUT2D eigenvalue weighted by Crippen LogP contribution is 2.38. The molecule has 136 valence electrons. The molecular weight excluding hydrogens is 346 g/mol. The minimum Gasteiger partial charge on any atom is -0.493 e. The molecule has 6 nitrogen and oxygen atoms in total. The molecule has 0 N–H and O–H groups in total. The number of fused-ring (bicyclic) bond motifs is 2. The maximum absolute atomic E-state index is 12.7. The molecule has 4 rings (SSSR count). The van der Waals surface area contributed by atoms with Crippen LogP contribution in [0.15, 0.2) is 53.1 Å². The minimum atomic E-state index is -0.503. The molecule has 0 unspecified atom stereocenters. The van der Waals surface area contributed by atoms with Crippen molar-refractivity contribution in [1.29, 1.82) is 0 Å². The number of aldehydes is 1. The average molecular weight is 363 g/mol. The van der Waals surface area contributed by atoms with Gasteiger partial charge in [-0.15, -0.1) is 0 Å². The SMILES string of the molecule is CCOC(=O)c1c(-c2cc3cccc(OC)c3o2)c(C=O)n2ccccc12. The van der Waals surface area contributed by atoms with Gasteiger partial charge in [0.1, 0.15) is 5.76 Å². The van der Waals surface area contributed by atoms with Crippen LogP contribution in [0.25, 0.3) is 27.8 Å². The van der Waals surface area contributed by atoms with Crippen molar-refractivity contribution in [3.63, 3.8) is 0 Å². The molecule has 3 aromatic heterocycles. The van der Waals surface area contributed by atoms with Gasteiger partial charge in [0.2, 0.25) is 0 Å². The number of methoxy groups -OCH3 is 1. The highest BCUT2D eigenvalue weighted by atomic mass is 16.5. The van der Waals surface area contributed by atoms with Gasteiger partial charge in [-0.2, -0.15) is 0 Å². The van der Waals surface area contributed by atoms with Crippen LogP contribution in [-0.2, 0) is 4.74 Å². The summed E-state index contributed by atoms with van der Waals surface area (Å²) in [5.74, 6) is 0.480. The van der Waals surface area contributed by atoms with Gasteiger partial charge < -0.3 is 18.3 Å². The number of ether oxygens (including phenoxy) is 2. The summed E-state index contributed by atoms with van der Waals surface area (Å²) in [5, 5.41) is 0.811. The van der Waals surface area contributed by atoms with Gasteiger partial charge in [0.05, 0.1) is 36.1 Å². The molecule has 4 aromatic rings. The fourth-order valence-electron chi connectivity index (χ4n) is 3.33. The van der Waals surface area contributed by atoms with E-state index in [2.05, 4.69) is 0 Å². The molecule has 0 bridgehead atoms. The maximum atomic E-state index is 12.7. The van der Waals surface area contributed by atoms with Crippen molar-refractivity contribution in [2.45, 2.75) is 6.92 Å². The Balaban J connectivity index is 2.07. The third kappa shape index (κ3) is 2.57. The number of esters is 1. The van der Waals surface area contributed by atoms with E-state index in [-0.39, 0.29) is 6.61 Å². The van der Waals surface area contributed by atoms with E-state index < -0.39 is 5.97 Å². The molecule has 0 fully saturated rings. The van der Waals surface area contributed by atoms with Crippen LogP contribution >= 0.6 is 0 Å². The second-order valence-corrected chi connectivity index (χ2v) is 5.92. The molecule has 0 radical (unpaired) electrons. The Morgan fingerprint density at radius 1 is 1.22 bits per heavy atom. The predicted molar refractivity (Wildman–Crippen MR) is 101 cm³/mol. The topological polar surface area (TPSA) is 70.2 Å². The molecule has 1 aromatic carbocycles. The van der Waals surface area contributed by atoms with E-state index >= 15 is 0 Å². The summed E-state index contributed by atoms with van der Waals surface area (Å²) in [5.41, 5.74) is 2.18. The number of carbonyl (C=O) groups excluding carboxylic acids is 2. The molecule has 0 saturated heterocycles. The number of hydrogen-bond donors (Lipinski definition) is 0. The van der Waals surface area contributed by atoms with Gasteiger partial charge in [0, 0.05) is 11.6 Å². The summed E-state index contributed by atoms with van der Waals surface area (Å²) in [4.78, 5) is 24.6. The van der Waals surface area contributed by atoms with E-state index in [1.807, 2.05) is 12.1 Å². The smallest absolute Gasteiger partial charge is 0.341 e. The van der Waals surface area contributed by atoms with Crippen LogP contribution < -0.4 is 4.74 Å². The fraction of sp³-hybridized carbons (Fsp3) is 0.143. The molecule has 0 spiro atoms. The predicted octanol–water partition coefficient (Wildman–Crippen LogP) is 4.35. The summed E-state index contributed by atoms with van der Waals surface area (Å²) < 4.78 is 18.3. The van der Waals surface area contributed by atoms with Crippen molar-refractivity contribution in [1.82, 2.24) is 4.40 Å². The first-order chi connectivity index (χ1) is 13.2. The monoisotopic (exact) mass is 363 g/mol. The number of hydrogen-bond acceptors (Lipinski definition) is 5. The molecule has 0 aliphatic rings. The maximum Gasteiger partial charge on any atom is 0.341 e. The Morgan fingerprint density at radius 3 is 2.81 bits per heavy atom. The van der Waals surface area contributed by atoms with Crippen molar-refractivity contribution >= 4 is 28.7 Å². The molecule has 0 aliphatic carbocycles. The normalized spacial score (nSPS) is 11.0. The van der Waals surface area contributed by atoms with E-state index in [1.54, 1.807) is 55.0 Å². The van der Waals surface area contributed by atoms with Crippen molar-refractivity contribution in [3.05, 3.63) is 59.9 Å². The number of pyridine rings is 1. The Morgan fingerprint density at radius 2 is 2.07 bits per heavy atom. The van der Waals surface area contributed by atoms with E-state index in [4.69, 9.17) is 13.9 Å². The third-order valence-electron chi connectivity index (χ3n) is 4.45. The van der Waals surface area contributed by atoms with E-state index in [0.29, 0.717) is 39.4 Å². The fourth-order valence-corrected chi connectivity index (χ4v) is 3.33. The number of para-hydroxylation sites is 1. The summed E-state index contributed by atoms with van der Waals surface area (Å²) in [6.07, 6.45) is 2.45. The summed E-state index contributed by atoms with van der Waals surface area (Å²) in [7, 11) is 1.56. The minimum absolute atomic E-state index is 0.229. The lowest BCUT2D eigenvalue weighted by Crippen LogP contribution is -2.05. The van der Waals surface area contributed by atoms with Gasteiger partial charge in [-0.25, -0.2) is 4.79 Å². The number of rotatable bonds is 5. The van der Waals surface area contributed by atoms with E-state index in [9.17, 15) is 9.59 Å². The molecular formula is C21H17NO5. The summed E-state index contributed by atoms with van der Waals surface area (Å²) >= 11 is 0. The van der Waals surface area contributed by atoms with Crippen molar-refractivity contribution in [2.24, 2.45) is 0 Å². The van der Waals surface area contributed by atoms with Gasteiger partial charge in [-0.1, -0.05) is 18.2 Å². The first-order valence-electron chi connectivity index (χ1n) is 8.51. The molecule has 0 saturated carbocycles. The lowest BCUT2D eigenvalue weighted by molar-refractivity contribution is 0.0529. The van der Waals surface area contributed by atoms with Crippen LogP contribution in [0, 0.1) is 0 Å². The van der Waals surface area contributed by atoms with Crippen molar-refractivity contribution in [3.8, 4) is 17.1 Å². The molecule has 0 atom stereocenters. The van der Waals surface area contributed by atoms with Gasteiger partial charge in [-0.05, 0) is 31.2 Å². The first kappa shape index (κ1) is 16.9. The molecule has 27 heavy (non-hydrogen) atoms. The largest absolute Gasteiger partial charge is 0.493 e. The van der Waals surface area contributed by atoms with Crippen LogP contribution in [-0.4, -0.2) is 30.4 Å². The summed E-state index contributed by atoms with van der Waals surface area (Å²) in [6, 6.07) is 12.7. The Hall–Kier alpha value is -3.54. The highest BCUT2D eigenvalue weighted by molar-refractivity contribution is 6.09. The van der Waals surface area contributed by atoms with E-state index in [0.717, 1.165) is 11.7 Å². The Bertz CT molecular complexity index is 1170. The van der Waals surface area contributed by atoms with Crippen LogP contribution in [0.1, 0.15) is 27.8 Å². The zero-order valence-electron chi connectivity index (χ0n) is 14.9. The van der Waals surface area contributed by atoms with E-state index in [1.165, 1.54) is 0 Å². The average Bonchev–Trinajstić information content (AvgIpc) is 3.26. The van der Waals surface area contributed by atoms with Crippen molar-refractivity contribution < 1.29 is 23.5 Å². The van der Waals surface area contributed by atoms with Crippen LogP contribution in [0.3, 0.4) is 0 Å². The van der Waals surface area contributed by atoms with Gasteiger partial charge >= 0.3 is 5.97 Å². The quantitative estimate of drug-likeness (QED) is 0.389. The number of benzene rings is 1. The van der Waals surface area contributed by atoms with Crippen LogP contribution in [0.4, 0.5) is 0 Å². The Kier molecular flexibility index (Phi) is 4.16.